The Balaban J connectivity index is 2.21. The first-order valence-corrected chi connectivity index (χ1v) is 12.5. The summed E-state index contributed by atoms with van der Waals surface area (Å²) in [5.41, 5.74) is 4.15. The Morgan fingerprint density at radius 1 is 0.806 bits per heavy atom. The topological polar surface area (TPSA) is 18.5 Å². The van der Waals surface area contributed by atoms with Gasteiger partial charge in [0.2, 0.25) is 0 Å². The van der Waals surface area contributed by atoms with Crippen molar-refractivity contribution < 1.29 is 9.47 Å². The van der Waals surface area contributed by atoms with Crippen molar-refractivity contribution in [1.29, 1.82) is 0 Å². The predicted molar refractivity (Wildman–Crippen MR) is 153 cm³/mol. The first kappa shape index (κ1) is 28.0. The van der Waals surface area contributed by atoms with Crippen molar-refractivity contribution in [2.45, 2.75) is 59.3 Å². The molecule has 0 aliphatic carbocycles. The minimum absolute atomic E-state index is 0.660. The molecular formula is C34H34O2. The number of unbranched alkanes of at least 4 members (excludes halogenated alkanes) is 5. The lowest BCUT2D eigenvalue weighted by molar-refractivity contribution is 0.303. The second-order valence-electron chi connectivity index (χ2n) is 8.25. The van der Waals surface area contributed by atoms with E-state index in [-0.39, 0.29) is 0 Å². The molecule has 0 bridgehead atoms. The Morgan fingerprint density at radius 3 is 2.31 bits per heavy atom. The quantitative estimate of drug-likeness (QED) is 0.177. The lowest BCUT2D eigenvalue weighted by atomic mass is 10.1. The van der Waals surface area contributed by atoms with E-state index in [4.69, 9.17) is 15.9 Å². The number of rotatable bonds is 12. The van der Waals surface area contributed by atoms with Crippen LogP contribution in [-0.2, 0) is 0 Å². The molecule has 0 radical (unpaired) electrons. The zero-order valence-electron chi connectivity index (χ0n) is 21.6. The van der Waals surface area contributed by atoms with Gasteiger partial charge in [0.15, 0.2) is 0 Å². The van der Waals surface area contributed by atoms with Crippen LogP contribution in [0.5, 0.6) is 11.5 Å². The fourth-order valence-electron chi connectivity index (χ4n) is 3.49. The van der Waals surface area contributed by atoms with Gasteiger partial charge in [-0.05, 0) is 72.9 Å². The van der Waals surface area contributed by atoms with Crippen molar-refractivity contribution in [2.75, 3.05) is 6.61 Å². The summed E-state index contributed by atoms with van der Waals surface area (Å²) in [6.07, 6.45) is 23.3. The molecule has 0 aliphatic rings. The second kappa shape index (κ2) is 17.2. The van der Waals surface area contributed by atoms with Crippen LogP contribution in [-0.4, -0.2) is 6.61 Å². The zero-order chi connectivity index (χ0) is 25.8. The van der Waals surface area contributed by atoms with Gasteiger partial charge in [0.1, 0.15) is 17.6 Å². The van der Waals surface area contributed by atoms with Gasteiger partial charge in [-0.1, -0.05) is 81.5 Å². The SMILES string of the molecule is C#CC#CC#CC#COc1cc(/C=C/c2cccc(/C=C/C)c2)c(OCCCCCCCC)cc1C. The fourth-order valence-corrected chi connectivity index (χ4v) is 3.49. The largest absolute Gasteiger partial charge is 0.493 e. The summed E-state index contributed by atoms with van der Waals surface area (Å²) in [7, 11) is 0. The minimum Gasteiger partial charge on any atom is -0.493 e. The number of hydrogen-bond acceptors (Lipinski definition) is 2. The summed E-state index contributed by atoms with van der Waals surface area (Å²) in [5.74, 6) is 16.4. The van der Waals surface area contributed by atoms with Crippen LogP contribution < -0.4 is 9.47 Å². The summed E-state index contributed by atoms with van der Waals surface area (Å²) < 4.78 is 11.9. The van der Waals surface area contributed by atoms with Gasteiger partial charge in [-0.15, -0.1) is 6.42 Å². The maximum Gasteiger partial charge on any atom is 0.144 e. The molecule has 0 spiro atoms. The van der Waals surface area contributed by atoms with Crippen molar-refractivity contribution in [3.63, 3.8) is 0 Å². The molecule has 0 unspecified atom stereocenters. The Kier molecular flexibility index (Phi) is 13.4. The van der Waals surface area contributed by atoms with E-state index >= 15 is 0 Å². The molecule has 0 fully saturated rings. The molecule has 2 nitrogen and oxygen atoms in total. The lowest BCUT2D eigenvalue weighted by Crippen LogP contribution is -2.00. The van der Waals surface area contributed by atoms with Crippen LogP contribution in [0, 0.1) is 55.0 Å². The van der Waals surface area contributed by atoms with E-state index in [1.54, 1.807) is 0 Å². The number of allylic oxidation sites excluding steroid dienone is 1. The van der Waals surface area contributed by atoms with Crippen molar-refractivity contribution in [2.24, 2.45) is 0 Å². The number of aryl methyl sites for hydroxylation is 1. The van der Waals surface area contributed by atoms with E-state index in [1.165, 1.54) is 32.1 Å². The maximum atomic E-state index is 6.20. The first-order valence-electron chi connectivity index (χ1n) is 12.5. The highest BCUT2D eigenvalue weighted by atomic mass is 16.5. The molecule has 0 atom stereocenters. The lowest BCUT2D eigenvalue weighted by Gasteiger charge is -2.13. The van der Waals surface area contributed by atoms with Gasteiger partial charge < -0.3 is 9.47 Å². The molecule has 182 valence electrons. The van der Waals surface area contributed by atoms with E-state index < -0.39 is 0 Å². The fraction of sp³-hybridized carbons (Fsp3) is 0.294. The third-order valence-corrected chi connectivity index (χ3v) is 5.32. The smallest absolute Gasteiger partial charge is 0.144 e. The molecule has 2 rings (SSSR count). The van der Waals surface area contributed by atoms with Crippen LogP contribution >= 0.6 is 0 Å². The Bertz CT molecular complexity index is 1270. The predicted octanol–water partition coefficient (Wildman–Crippen LogP) is 7.92. The highest BCUT2D eigenvalue weighted by molar-refractivity contribution is 5.75. The third-order valence-electron chi connectivity index (χ3n) is 5.32. The molecule has 0 heterocycles. The van der Waals surface area contributed by atoms with Gasteiger partial charge in [0.05, 0.1) is 6.61 Å². The van der Waals surface area contributed by atoms with E-state index in [0.29, 0.717) is 12.4 Å². The Morgan fingerprint density at radius 2 is 1.53 bits per heavy atom. The number of benzene rings is 2. The van der Waals surface area contributed by atoms with Crippen molar-refractivity contribution >= 4 is 18.2 Å². The molecule has 0 saturated heterocycles. The average Bonchev–Trinajstić information content (AvgIpc) is 2.88. The maximum absolute atomic E-state index is 6.20. The number of hydrogen-bond donors (Lipinski definition) is 0. The highest BCUT2D eigenvalue weighted by Gasteiger charge is 2.08. The monoisotopic (exact) mass is 474 g/mol. The van der Waals surface area contributed by atoms with Gasteiger partial charge in [0.25, 0.3) is 0 Å². The average molecular weight is 475 g/mol. The van der Waals surface area contributed by atoms with Gasteiger partial charge in [-0.2, -0.15) is 0 Å². The third kappa shape index (κ3) is 10.8. The van der Waals surface area contributed by atoms with Gasteiger partial charge in [-0.3, -0.25) is 0 Å². The van der Waals surface area contributed by atoms with Gasteiger partial charge in [-0.25, -0.2) is 0 Å². The molecule has 0 aliphatic heterocycles. The van der Waals surface area contributed by atoms with E-state index in [0.717, 1.165) is 34.4 Å². The van der Waals surface area contributed by atoms with Crippen molar-refractivity contribution in [3.8, 4) is 59.6 Å². The normalized spacial score (nSPS) is 9.94. The molecule has 0 amide bonds. The standard InChI is InChI=1S/C34H34O2/c1-5-8-10-12-14-16-24-35-33-28-32(23-22-31-21-18-20-30(27-31)19-7-3)34(26-29(33)4)36-25-17-15-13-11-9-6-2/h1,7,18-23,26-28H,6,9,11,13,15,17,25H2,2-4H3/b19-7+,23-22+. The van der Waals surface area contributed by atoms with E-state index in [2.05, 4.69) is 91.0 Å². The van der Waals surface area contributed by atoms with E-state index in [9.17, 15) is 0 Å². The molecule has 0 N–H and O–H groups in total. The van der Waals surface area contributed by atoms with Crippen LogP contribution in [0.1, 0.15) is 74.6 Å². The van der Waals surface area contributed by atoms with Crippen LogP contribution in [0.4, 0.5) is 0 Å². The summed E-state index contributed by atoms with van der Waals surface area (Å²) in [5, 5.41) is 0. The Labute approximate surface area is 217 Å². The van der Waals surface area contributed by atoms with Gasteiger partial charge in [0, 0.05) is 23.3 Å². The molecule has 2 aromatic carbocycles. The molecule has 0 saturated carbocycles. The van der Waals surface area contributed by atoms with Crippen LogP contribution in [0.25, 0.3) is 18.2 Å². The highest BCUT2D eigenvalue weighted by Crippen LogP contribution is 2.30. The molecule has 0 aromatic heterocycles. The van der Waals surface area contributed by atoms with E-state index in [1.807, 2.05) is 32.1 Å². The van der Waals surface area contributed by atoms with Crippen molar-refractivity contribution in [1.82, 2.24) is 0 Å². The first-order chi connectivity index (χ1) is 17.7. The molecule has 2 heteroatoms. The van der Waals surface area contributed by atoms with Crippen LogP contribution in [0.3, 0.4) is 0 Å². The number of ether oxygens (including phenoxy) is 2. The summed E-state index contributed by atoms with van der Waals surface area (Å²) >= 11 is 0. The van der Waals surface area contributed by atoms with Crippen LogP contribution in [0.15, 0.2) is 42.5 Å². The number of terminal acetylenes is 1. The summed E-state index contributed by atoms with van der Waals surface area (Å²) in [6, 6.07) is 12.3. The zero-order valence-corrected chi connectivity index (χ0v) is 21.6. The van der Waals surface area contributed by atoms with Crippen LogP contribution in [0.2, 0.25) is 0 Å². The van der Waals surface area contributed by atoms with Gasteiger partial charge >= 0.3 is 0 Å². The minimum atomic E-state index is 0.660. The summed E-state index contributed by atoms with van der Waals surface area (Å²) in [4.78, 5) is 0. The second-order valence-corrected chi connectivity index (χ2v) is 8.25. The Hall–Kier alpha value is -4.24. The molecular weight excluding hydrogens is 440 g/mol. The molecule has 36 heavy (non-hydrogen) atoms. The summed E-state index contributed by atoms with van der Waals surface area (Å²) in [6.45, 7) is 6.92. The molecule has 2 aromatic rings. The van der Waals surface area contributed by atoms with Crippen molar-refractivity contribution in [3.05, 3.63) is 64.7 Å².